The van der Waals surface area contributed by atoms with Crippen LogP contribution in [0.4, 0.5) is 19.0 Å². The zero-order chi connectivity index (χ0) is 10.9. The van der Waals surface area contributed by atoms with Gasteiger partial charge in [-0.3, -0.25) is 4.68 Å². The maximum Gasteiger partial charge on any atom is 0.251 e. The second kappa shape index (κ2) is 3.51. The number of aryl methyl sites for hydroxylation is 1. The van der Waals surface area contributed by atoms with Crippen LogP contribution in [-0.4, -0.2) is 22.9 Å². The van der Waals surface area contributed by atoms with Crippen molar-refractivity contribution in [2.24, 2.45) is 7.05 Å². The second-order valence-electron chi connectivity index (χ2n) is 3.43. The van der Waals surface area contributed by atoms with Crippen molar-refractivity contribution in [1.29, 1.82) is 0 Å². The quantitative estimate of drug-likeness (QED) is 0.816. The molecule has 1 heterocycles. The molecule has 1 unspecified atom stereocenters. The maximum atomic E-state index is 12.6. The monoisotopic (exact) mass is 207 g/mol. The fourth-order valence-electron chi connectivity index (χ4n) is 1.26. The van der Waals surface area contributed by atoms with Crippen LogP contribution in [0.3, 0.4) is 0 Å². The molecule has 0 radical (unpaired) electrons. The molecule has 6 heteroatoms. The van der Waals surface area contributed by atoms with Gasteiger partial charge in [-0.05, 0) is 6.92 Å². The number of halogens is 3. The lowest BCUT2D eigenvalue weighted by molar-refractivity contribution is 0.0393. The van der Waals surface area contributed by atoms with Gasteiger partial charge < -0.3 is 5.73 Å². The number of hydrogen-bond acceptors (Lipinski definition) is 2. The molecule has 0 aliphatic rings. The van der Waals surface area contributed by atoms with E-state index in [4.69, 9.17) is 5.73 Å². The van der Waals surface area contributed by atoms with Gasteiger partial charge in [0.15, 0.2) is 0 Å². The van der Waals surface area contributed by atoms with Gasteiger partial charge in [0.1, 0.15) is 12.5 Å². The molecule has 14 heavy (non-hydrogen) atoms. The Labute approximate surface area is 79.7 Å². The number of anilines is 1. The van der Waals surface area contributed by atoms with Crippen molar-refractivity contribution in [3.8, 4) is 0 Å². The molecular weight excluding hydrogens is 195 g/mol. The van der Waals surface area contributed by atoms with E-state index in [2.05, 4.69) is 5.10 Å². The van der Waals surface area contributed by atoms with E-state index in [0.717, 1.165) is 6.92 Å². The third-order valence-electron chi connectivity index (χ3n) is 2.24. The molecule has 1 aromatic heterocycles. The lowest BCUT2D eigenvalue weighted by atomic mass is 9.89. The molecule has 1 atom stereocenters. The molecule has 3 nitrogen and oxygen atoms in total. The molecule has 0 amide bonds. The summed E-state index contributed by atoms with van der Waals surface area (Å²) in [7, 11) is 1.46. The van der Waals surface area contributed by atoms with Crippen molar-refractivity contribution in [2.45, 2.75) is 18.8 Å². The van der Waals surface area contributed by atoms with Crippen LogP contribution in [0.15, 0.2) is 6.07 Å². The maximum absolute atomic E-state index is 12.6. The molecular formula is C8H12F3N3. The van der Waals surface area contributed by atoms with Crippen molar-refractivity contribution in [2.75, 3.05) is 12.4 Å². The van der Waals surface area contributed by atoms with Crippen molar-refractivity contribution in [3.05, 3.63) is 11.8 Å². The van der Waals surface area contributed by atoms with Gasteiger partial charge in [0.25, 0.3) is 6.43 Å². The Morgan fingerprint density at radius 1 is 1.64 bits per heavy atom. The third kappa shape index (κ3) is 1.56. The van der Waals surface area contributed by atoms with Crippen molar-refractivity contribution < 1.29 is 13.2 Å². The molecule has 0 bridgehead atoms. The van der Waals surface area contributed by atoms with Crippen LogP contribution in [0.2, 0.25) is 0 Å². The van der Waals surface area contributed by atoms with Gasteiger partial charge in [0.05, 0.1) is 11.1 Å². The first-order valence-electron chi connectivity index (χ1n) is 4.06. The average molecular weight is 207 g/mol. The van der Waals surface area contributed by atoms with Gasteiger partial charge >= 0.3 is 0 Å². The van der Waals surface area contributed by atoms with Crippen LogP contribution in [0, 0.1) is 0 Å². The number of rotatable bonds is 3. The summed E-state index contributed by atoms with van der Waals surface area (Å²) in [6.07, 6.45) is -2.79. The molecule has 0 aliphatic heterocycles. The Hall–Kier alpha value is -1.20. The Bertz CT molecular complexity index is 324. The summed E-state index contributed by atoms with van der Waals surface area (Å²) in [4.78, 5) is 0. The minimum Gasteiger partial charge on any atom is -0.382 e. The van der Waals surface area contributed by atoms with Crippen LogP contribution in [0.5, 0.6) is 0 Å². The van der Waals surface area contributed by atoms with Gasteiger partial charge in [-0.15, -0.1) is 0 Å². The van der Waals surface area contributed by atoms with E-state index >= 15 is 0 Å². The standard InChI is InChI=1S/C8H12F3N3/c1-8(4-9,7(10)11)5-3-6(12)13-14(5)2/h3,7H,4H2,1-2H3,(H2,12,13). The van der Waals surface area contributed by atoms with Crippen LogP contribution >= 0.6 is 0 Å². The highest BCUT2D eigenvalue weighted by molar-refractivity contribution is 5.33. The van der Waals surface area contributed by atoms with Gasteiger partial charge in [0, 0.05) is 13.1 Å². The van der Waals surface area contributed by atoms with E-state index in [-0.39, 0.29) is 11.5 Å². The largest absolute Gasteiger partial charge is 0.382 e. The molecule has 0 spiro atoms. The SMILES string of the molecule is Cn1nc(N)cc1C(C)(CF)C(F)F. The number of nitrogen functional groups attached to an aromatic ring is 1. The lowest BCUT2D eigenvalue weighted by Crippen LogP contribution is -2.35. The molecule has 0 saturated heterocycles. The van der Waals surface area contributed by atoms with Crippen LogP contribution in [0.1, 0.15) is 12.6 Å². The topological polar surface area (TPSA) is 43.8 Å². The number of aromatic nitrogens is 2. The summed E-state index contributed by atoms with van der Waals surface area (Å²) in [5.41, 5.74) is 3.60. The van der Waals surface area contributed by atoms with Gasteiger partial charge in [-0.2, -0.15) is 5.10 Å². The van der Waals surface area contributed by atoms with Crippen molar-refractivity contribution in [1.82, 2.24) is 9.78 Å². The first-order valence-corrected chi connectivity index (χ1v) is 4.06. The van der Waals surface area contributed by atoms with Crippen LogP contribution in [-0.2, 0) is 12.5 Å². The summed E-state index contributed by atoms with van der Waals surface area (Å²) in [6, 6.07) is 1.27. The first kappa shape index (κ1) is 10.9. The molecule has 80 valence electrons. The van der Waals surface area contributed by atoms with E-state index in [9.17, 15) is 13.2 Å². The summed E-state index contributed by atoms with van der Waals surface area (Å²) < 4.78 is 39.1. The minimum atomic E-state index is -2.79. The van der Waals surface area contributed by atoms with Crippen molar-refractivity contribution in [3.63, 3.8) is 0 Å². The Morgan fingerprint density at radius 3 is 2.50 bits per heavy atom. The third-order valence-corrected chi connectivity index (χ3v) is 2.24. The van der Waals surface area contributed by atoms with Crippen molar-refractivity contribution >= 4 is 5.82 Å². The van der Waals surface area contributed by atoms with Gasteiger partial charge in [-0.25, -0.2) is 13.2 Å². The molecule has 0 aromatic carbocycles. The zero-order valence-corrected chi connectivity index (χ0v) is 7.97. The highest BCUT2D eigenvalue weighted by Gasteiger charge is 2.40. The Kier molecular flexibility index (Phi) is 2.73. The Balaban J connectivity index is 3.18. The summed E-state index contributed by atoms with van der Waals surface area (Å²) in [5, 5.41) is 3.70. The summed E-state index contributed by atoms with van der Waals surface area (Å²) >= 11 is 0. The average Bonchev–Trinajstić information content (AvgIpc) is 2.44. The zero-order valence-electron chi connectivity index (χ0n) is 7.97. The predicted octanol–water partition coefficient (Wildman–Crippen LogP) is 1.49. The Morgan fingerprint density at radius 2 is 2.21 bits per heavy atom. The van der Waals surface area contributed by atoms with E-state index in [1.807, 2.05) is 0 Å². The molecule has 1 rings (SSSR count). The van der Waals surface area contributed by atoms with E-state index in [0.29, 0.717) is 0 Å². The first-order chi connectivity index (χ1) is 6.41. The predicted molar refractivity (Wildman–Crippen MR) is 47.0 cm³/mol. The number of nitrogens with zero attached hydrogens (tertiary/aromatic N) is 2. The van der Waals surface area contributed by atoms with Gasteiger partial charge in [0.2, 0.25) is 0 Å². The van der Waals surface area contributed by atoms with E-state index < -0.39 is 18.5 Å². The second-order valence-corrected chi connectivity index (χ2v) is 3.43. The number of alkyl halides is 3. The molecule has 1 aromatic rings. The normalized spacial score (nSPS) is 15.9. The van der Waals surface area contributed by atoms with Gasteiger partial charge in [-0.1, -0.05) is 0 Å². The summed E-state index contributed by atoms with van der Waals surface area (Å²) in [6.45, 7) is -0.00222. The highest BCUT2D eigenvalue weighted by atomic mass is 19.3. The molecule has 2 N–H and O–H groups in total. The van der Waals surface area contributed by atoms with Crippen LogP contribution in [0.25, 0.3) is 0 Å². The molecule has 0 saturated carbocycles. The smallest absolute Gasteiger partial charge is 0.251 e. The highest BCUT2D eigenvalue weighted by Crippen LogP contribution is 2.31. The van der Waals surface area contributed by atoms with E-state index in [1.54, 1.807) is 0 Å². The minimum absolute atomic E-state index is 0.104. The number of hydrogen-bond donors (Lipinski definition) is 1. The number of nitrogens with two attached hydrogens (primary N) is 1. The fraction of sp³-hybridized carbons (Fsp3) is 0.625. The van der Waals surface area contributed by atoms with E-state index in [1.165, 1.54) is 17.8 Å². The summed E-state index contributed by atoms with van der Waals surface area (Å²) in [5.74, 6) is 0.114. The molecule has 0 aliphatic carbocycles. The van der Waals surface area contributed by atoms with Crippen LogP contribution < -0.4 is 5.73 Å². The fourth-order valence-corrected chi connectivity index (χ4v) is 1.26. The lowest BCUT2D eigenvalue weighted by Gasteiger charge is -2.24. The molecule has 0 fully saturated rings.